The van der Waals surface area contributed by atoms with Gasteiger partial charge >= 0.3 is 0 Å². The lowest BCUT2D eigenvalue weighted by atomic mass is 9.72. The Labute approximate surface area is 119 Å². The van der Waals surface area contributed by atoms with Crippen molar-refractivity contribution in [1.29, 1.82) is 0 Å². The summed E-state index contributed by atoms with van der Waals surface area (Å²) in [6.45, 7) is 15.6. The highest BCUT2D eigenvalue weighted by atomic mass is 16.3. The van der Waals surface area contributed by atoms with E-state index in [1.807, 2.05) is 6.07 Å². The van der Waals surface area contributed by atoms with Crippen LogP contribution in [0.3, 0.4) is 0 Å². The van der Waals surface area contributed by atoms with Crippen molar-refractivity contribution in [2.75, 3.05) is 0 Å². The molecule has 0 radical (unpaired) electrons. The van der Waals surface area contributed by atoms with Crippen molar-refractivity contribution in [2.24, 2.45) is 11.8 Å². The van der Waals surface area contributed by atoms with Crippen LogP contribution in [-0.4, -0.2) is 5.11 Å². The molecule has 0 heterocycles. The second-order valence-electron chi connectivity index (χ2n) is 6.97. The van der Waals surface area contributed by atoms with Crippen LogP contribution < -0.4 is 0 Å². The molecule has 0 unspecified atom stereocenters. The Morgan fingerprint density at radius 3 is 2.05 bits per heavy atom. The van der Waals surface area contributed by atoms with E-state index in [-0.39, 0.29) is 5.41 Å². The summed E-state index contributed by atoms with van der Waals surface area (Å²) in [7, 11) is 0. The Kier molecular flexibility index (Phi) is 5.06. The SMILES string of the molecule is CCc1cc(CC(C)C)c(O)cc1C(C)(C)C(C)C. The molecule has 0 aliphatic rings. The molecule has 1 nitrogen and oxygen atoms in total. The zero-order valence-electron chi connectivity index (χ0n) is 13.7. The van der Waals surface area contributed by atoms with E-state index in [0.717, 1.165) is 18.4 Å². The van der Waals surface area contributed by atoms with E-state index in [2.05, 4.69) is 54.5 Å². The predicted molar refractivity (Wildman–Crippen MR) is 83.9 cm³/mol. The molecule has 1 N–H and O–H groups in total. The first-order valence-electron chi connectivity index (χ1n) is 7.55. The van der Waals surface area contributed by atoms with Crippen molar-refractivity contribution >= 4 is 0 Å². The standard InChI is InChI=1S/C18H30O/c1-8-14-10-15(9-12(2)3)17(19)11-16(14)18(6,7)13(4)5/h10-13,19H,8-9H2,1-7H3. The first-order chi connectivity index (χ1) is 8.70. The lowest BCUT2D eigenvalue weighted by molar-refractivity contribution is 0.366. The zero-order valence-corrected chi connectivity index (χ0v) is 13.7. The largest absolute Gasteiger partial charge is 0.508 e. The second kappa shape index (κ2) is 5.98. The number of phenols is 1. The number of aromatic hydroxyl groups is 1. The summed E-state index contributed by atoms with van der Waals surface area (Å²) in [6.07, 6.45) is 1.97. The Hall–Kier alpha value is -0.980. The molecule has 0 aromatic heterocycles. The van der Waals surface area contributed by atoms with E-state index >= 15 is 0 Å². The zero-order chi connectivity index (χ0) is 14.8. The third-order valence-corrected chi connectivity index (χ3v) is 4.45. The summed E-state index contributed by atoms with van der Waals surface area (Å²) in [5.74, 6) is 1.59. The van der Waals surface area contributed by atoms with E-state index in [0.29, 0.717) is 17.6 Å². The maximum absolute atomic E-state index is 10.3. The molecule has 0 aliphatic heterocycles. The van der Waals surface area contributed by atoms with Crippen molar-refractivity contribution in [3.63, 3.8) is 0 Å². The van der Waals surface area contributed by atoms with Gasteiger partial charge in [-0.25, -0.2) is 0 Å². The lowest BCUT2D eigenvalue weighted by Gasteiger charge is -2.32. The van der Waals surface area contributed by atoms with E-state index in [9.17, 15) is 5.11 Å². The highest BCUT2D eigenvalue weighted by molar-refractivity contribution is 5.45. The Balaban J connectivity index is 3.32. The summed E-state index contributed by atoms with van der Waals surface area (Å²) >= 11 is 0. The number of aryl methyl sites for hydroxylation is 1. The number of benzene rings is 1. The van der Waals surface area contributed by atoms with Gasteiger partial charge in [0.05, 0.1) is 0 Å². The van der Waals surface area contributed by atoms with Crippen molar-refractivity contribution in [3.05, 3.63) is 28.8 Å². The predicted octanol–water partition coefficient (Wildman–Crippen LogP) is 5.09. The molecule has 0 atom stereocenters. The average molecular weight is 262 g/mol. The van der Waals surface area contributed by atoms with E-state index in [1.165, 1.54) is 11.1 Å². The normalized spacial score (nSPS) is 12.5. The third-order valence-electron chi connectivity index (χ3n) is 4.45. The van der Waals surface area contributed by atoms with Crippen molar-refractivity contribution in [1.82, 2.24) is 0 Å². The fourth-order valence-corrected chi connectivity index (χ4v) is 2.49. The quantitative estimate of drug-likeness (QED) is 0.784. The van der Waals surface area contributed by atoms with Crippen LogP contribution in [0, 0.1) is 11.8 Å². The molecule has 0 fully saturated rings. The molecular formula is C18H30O. The lowest BCUT2D eigenvalue weighted by Crippen LogP contribution is -2.26. The minimum Gasteiger partial charge on any atom is -0.508 e. The van der Waals surface area contributed by atoms with Gasteiger partial charge in [-0.15, -0.1) is 0 Å². The van der Waals surface area contributed by atoms with E-state index in [4.69, 9.17) is 0 Å². The van der Waals surface area contributed by atoms with Gasteiger partial charge in [-0.3, -0.25) is 0 Å². The van der Waals surface area contributed by atoms with Gasteiger partial charge in [0, 0.05) is 0 Å². The van der Waals surface area contributed by atoms with Gasteiger partial charge in [-0.1, -0.05) is 54.5 Å². The van der Waals surface area contributed by atoms with Gasteiger partial charge in [-0.2, -0.15) is 0 Å². The van der Waals surface area contributed by atoms with Gasteiger partial charge in [0.2, 0.25) is 0 Å². The fourth-order valence-electron chi connectivity index (χ4n) is 2.49. The Bertz CT molecular complexity index is 428. The monoisotopic (exact) mass is 262 g/mol. The Morgan fingerprint density at radius 2 is 1.63 bits per heavy atom. The Morgan fingerprint density at radius 1 is 1.05 bits per heavy atom. The maximum atomic E-state index is 10.3. The van der Waals surface area contributed by atoms with Crippen LogP contribution in [-0.2, 0) is 18.3 Å². The van der Waals surface area contributed by atoms with Crippen LogP contribution in [0.4, 0.5) is 0 Å². The maximum Gasteiger partial charge on any atom is 0.119 e. The highest BCUT2D eigenvalue weighted by Crippen LogP contribution is 2.37. The molecule has 1 rings (SSSR count). The van der Waals surface area contributed by atoms with Crippen LogP contribution in [0.25, 0.3) is 0 Å². The molecular weight excluding hydrogens is 232 g/mol. The van der Waals surface area contributed by atoms with Crippen LogP contribution >= 0.6 is 0 Å². The number of phenolic OH excluding ortho intramolecular Hbond substituents is 1. The fraction of sp³-hybridized carbons (Fsp3) is 0.667. The first kappa shape index (κ1) is 16.1. The molecule has 108 valence electrons. The number of hydrogen-bond acceptors (Lipinski definition) is 1. The number of hydrogen-bond donors (Lipinski definition) is 1. The van der Waals surface area contributed by atoms with E-state index < -0.39 is 0 Å². The molecule has 1 aromatic rings. The molecule has 1 heteroatoms. The summed E-state index contributed by atoms with van der Waals surface area (Å²) in [4.78, 5) is 0. The van der Waals surface area contributed by atoms with Crippen LogP contribution in [0.5, 0.6) is 5.75 Å². The average Bonchev–Trinajstić information content (AvgIpc) is 2.30. The molecule has 0 saturated heterocycles. The molecule has 19 heavy (non-hydrogen) atoms. The summed E-state index contributed by atoms with van der Waals surface area (Å²) < 4.78 is 0. The minimum absolute atomic E-state index is 0.0964. The van der Waals surface area contributed by atoms with E-state index in [1.54, 1.807) is 0 Å². The summed E-state index contributed by atoms with van der Waals surface area (Å²) in [5, 5.41) is 10.3. The van der Waals surface area contributed by atoms with Gasteiger partial charge in [-0.05, 0) is 52.8 Å². The van der Waals surface area contributed by atoms with Gasteiger partial charge in [0.25, 0.3) is 0 Å². The van der Waals surface area contributed by atoms with Crippen LogP contribution in [0.2, 0.25) is 0 Å². The van der Waals surface area contributed by atoms with Crippen molar-refractivity contribution in [2.45, 2.75) is 66.7 Å². The summed E-state index contributed by atoms with van der Waals surface area (Å²) in [5.41, 5.74) is 3.87. The van der Waals surface area contributed by atoms with Crippen LogP contribution in [0.15, 0.2) is 12.1 Å². The van der Waals surface area contributed by atoms with Crippen molar-refractivity contribution in [3.8, 4) is 5.75 Å². The molecule has 1 aromatic carbocycles. The number of rotatable bonds is 5. The molecule has 0 spiro atoms. The van der Waals surface area contributed by atoms with Crippen LogP contribution in [0.1, 0.15) is 65.2 Å². The second-order valence-corrected chi connectivity index (χ2v) is 6.97. The third kappa shape index (κ3) is 3.52. The van der Waals surface area contributed by atoms with Gasteiger partial charge < -0.3 is 5.11 Å². The van der Waals surface area contributed by atoms with Gasteiger partial charge in [0.15, 0.2) is 0 Å². The molecule has 0 amide bonds. The van der Waals surface area contributed by atoms with Crippen molar-refractivity contribution < 1.29 is 5.11 Å². The molecule has 0 saturated carbocycles. The summed E-state index contributed by atoms with van der Waals surface area (Å²) in [6, 6.07) is 4.23. The first-order valence-corrected chi connectivity index (χ1v) is 7.55. The highest BCUT2D eigenvalue weighted by Gasteiger charge is 2.28. The minimum atomic E-state index is 0.0964. The molecule has 0 bridgehead atoms. The smallest absolute Gasteiger partial charge is 0.119 e. The van der Waals surface area contributed by atoms with Gasteiger partial charge in [0.1, 0.15) is 5.75 Å². The topological polar surface area (TPSA) is 20.2 Å². The molecule has 0 aliphatic carbocycles.